The second-order valence-corrected chi connectivity index (χ2v) is 9.22. The highest BCUT2D eigenvalue weighted by molar-refractivity contribution is 5.91. The van der Waals surface area contributed by atoms with Crippen molar-refractivity contribution in [2.24, 2.45) is 5.92 Å². The topological polar surface area (TPSA) is 116 Å². The molecular weight excluding hydrogens is 521 g/mol. The number of amides is 1. The molecule has 1 amide bonds. The number of aliphatic hydroxyl groups is 1. The second kappa shape index (κ2) is 14.7. The van der Waals surface area contributed by atoms with Gasteiger partial charge in [0.15, 0.2) is 11.2 Å². The summed E-state index contributed by atoms with van der Waals surface area (Å²) in [4.78, 5) is 26.7. The van der Waals surface area contributed by atoms with Gasteiger partial charge in [-0.15, -0.1) is 0 Å². The molecular formula is C30H34FNO8. The van der Waals surface area contributed by atoms with Crippen molar-refractivity contribution in [2.75, 3.05) is 39.6 Å². The van der Waals surface area contributed by atoms with Crippen LogP contribution in [0, 0.1) is 11.7 Å². The highest BCUT2D eigenvalue weighted by Crippen LogP contribution is 2.38. The van der Waals surface area contributed by atoms with E-state index in [9.17, 15) is 14.0 Å². The molecule has 9 nitrogen and oxygen atoms in total. The van der Waals surface area contributed by atoms with E-state index in [4.69, 9.17) is 28.5 Å². The molecule has 10 heteroatoms. The van der Waals surface area contributed by atoms with Gasteiger partial charge in [-0.25, -0.2) is 4.39 Å². The predicted octanol–water partition coefficient (Wildman–Crippen LogP) is 3.64. The lowest BCUT2D eigenvalue weighted by atomic mass is 9.81. The van der Waals surface area contributed by atoms with E-state index >= 15 is 0 Å². The summed E-state index contributed by atoms with van der Waals surface area (Å²) in [6.45, 7) is 3.49. The maximum atomic E-state index is 13.6. The first-order valence-corrected chi connectivity index (χ1v) is 13.3. The normalized spacial score (nSPS) is 18.8. The van der Waals surface area contributed by atoms with Crippen molar-refractivity contribution in [1.29, 1.82) is 0 Å². The molecule has 0 unspecified atom stereocenters. The van der Waals surface area contributed by atoms with E-state index in [1.165, 1.54) is 18.4 Å². The summed E-state index contributed by atoms with van der Waals surface area (Å²) in [5.41, 5.74) is 1.37. The maximum absolute atomic E-state index is 13.6. The zero-order valence-electron chi connectivity index (χ0n) is 22.3. The van der Waals surface area contributed by atoms with Gasteiger partial charge in [-0.2, -0.15) is 0 Å². The number of para-hydroxylation sites is 1. The van der Waals surface area contributed by atoms with Gasteiger partial charge >= 0.3 is 0 Å². The summed E-state index contributed by atoms with van der Waals surface area (Å²) in [5, 5.41) is 12.1. The number of rotatable bonds is 14. The van der Waals surface area contributed by atoms with Crippen LogP contribution in [0.2, 0.25) is 0 Å². The zero-order chi connectivity index (χ0) is 28.3. The fraction of sp³-hybridized carbons (Fsp3) is 0.400. The molecule has 0 bridgehead atoms. The fourth-order valence-electron chi connectivity index (χ4n) is 4.60. The highest BCUT2D eigenvalue weighted by Gasteiger charge is 2.39. The van der Waals surface area contributed by atoms with Crippen molar-refractivity contribution in [1.82, 2.24) is 5.32 Å². The van der Waals surface area contributed by atoms with Crippen LogP contribution in [0.3, 0.4) is 0 Å². The summed E-state index contributed by atoms with van der Waals surface area (Å²) >= 11 is 0. The van der Waals surface area contributed by atoms with E-state index < -0.39 is 18.1 Å². The minimum atomic E-state index is -0.827. The number of allylic oxidation sites excluding steroid dienone is 1. The Labute approximate surface area is 231 Å². The van der Waals surface area contributed by atoms with Gasteiger partial charge in [0.25, 0.3) is 5.91 Å². The molecule has 3 aromatic rings. The van der Waals surface area contributed by atoms with Crippen LogP contribution in [0.4, 0.5) is 4.39 Å². The third-order valence-electron chi connectivity index (χ3n) is 6.57. The number of hydrogen-bond acceptors (Lipinski definition) is 8. The molecule has 214 valence electrons. The van der Waals surface area contributed by atoms with Gasteiger partial charge in [0, 0.05) is 37.2 Å². The molecule has 0 fully saturated rings. The van der Waals surface area contributed by atoms with Crippen molar-refractivity contribution >= 4 is 16.9 Å². The first-order chi connectivity index (χ1) is 19.5. The van der Waals surface area contributed by atoms with E-state index in [0.717, 1.165) is 5.56 Å². The first-order valence-electron chi connectivity index (χ1n) is 13.3. The molecule has 0 radical (unpaired) electrons. The van der Waals surface area contributed by atoms with E-state index in [1.807, 2.05) is 6.92 Å². The summed E-state index contributed by atoms with van der Waals surface area (Å²) in [5.74, 6) is -1.76. The molecule has 1 aliphatic rings. The van der Waals surface area contributed by atoms with Gasteiger partial charge in [0.05, 0.1) is 38.1 Å². The molecule has 2 aromatic carbocycles. The molecule has 4 rings (SSSR count). The lowest BCUT2D eigenvalue weighted by Gasteiger charge is -2.36. The number of hydrogen-bond donors (Lipinski definition) is 2. The SMILES string of the molecule is CCO[C@@H]1OC(C(=O)NCc2ccc(F)cc2)=C[C@H](c2coc3ccccc3c2=O)[C@H]1CCOCCOCCO. The Morgan fingerprint density at radius 3 is 2.55 bits per heavy atom. The Morgan fingerprint density at radius 2 is 1.80 bits per heavy atom. The number of aliphatic hydroxyl groups excluding tert-OH is 1. The summed E-state index contributed by atoms with van der Waals surface area (Å²) < 4.78 is 41.9. The number of halogens is 1. The minimum Gasteiger partial charge on any atom is -0.464 e. The average molecular weight is 556 g/mol. The third-order valence-corrected chi connectivity index (χ3v) is 6.57. The first kappa shape index (κ1) is 29.4. The maximum Gasteiger partial charge on any atom is 0.286 e. The molecule has 40 heavy (non-hydrogen) atoms. The molecule has 1 aliphatic heterocycles. The lowest BCUT2D eigenvalue weighted by Crippen LogP contribution is -2.40. The van der Waals surface area contributed by atoms with E-state index in [-0.39, 0.29) is 42.7 Å². The van der Waals surface area contributed by atoms with E-state index in [0.29, 0.717) is 49.4 Å². The molecule has 0 aliphatic carbocycles. The Morgan fingerprint density at radius 1 is 1.05 bits per heavy atom. The van der Waals surface area contributed by atoms with Crippen molar-refractivity contribution < 1.29 is 37.7 Å². The predicted molar refractivity (Wildman–Crippen MR) is 145 cm³/mol. The average Bonchev–Trinajstić information content (AvgIpc) is 2.97. The summed E-state index contributed by atoms with van der Waals surface area (Å²) in [7, 11) is 0. The number of benzene rings is 2. The molecule has 2 heterocycles. The molecule has 3 atom stereocenters. The van der Waals surface area contributed by atoms with Crippen LogP contribution in [0.15, 0.2) is 75.8 Å². The van der Waals surface area contributed by atoms with Crippen LogP contribution < -0.4 is 10.7 Å². The Bertz CT molecular complexity index is 1340. The number of carbonyl (C=O) groups is 1. The highest BCUT2D eigenvalue weighted by atomic mass is 19.1. The fourth-order valence-corrected chi connectivity index (χ4v) is 4.60. The van der Waals surface area contributed by atoms with Crippen LogP contribution in [-0.4, -0.2) is 56.9 Å². The van der Waals surface area contributed by atoms with Gasteiger partial charge in [-0.05, 0) is 49.2 Å². The minimum absolute atomic E-state index is 0.0210. The van der Waals surface area contributed by atoms with Gasteiger partial charge in [0.1, 0.15) is 11.4 Å². The number of fused-ring (bicyclic) bond motifs is 1. The van der Waals surface area contributed by atoms with Gasteiger partial charge in [-0.3, -0.25) is 9.59 Å². The van der Waals surface area contributed by atoms with E-state index in [1.54, 1.807) is 42.5 Å². The molecule has 1 aromatic heterocycles. The molecule has 0 spiro atoms. The number of carbonyl (C=O) groups excluding carboxylic acids is 1. The smallest absolute Gasteiger partial charge is 0.286 e. The number of ether oxygens (including phenoxy) is 4. The zero-order valence-corrected chi connectivity index (χ0v) is 22.3. The lowest BCUT2D eigenvalue weighted by molar-refractivity contribution is -0.168. The van der Waals surface area contributed by atoms with Crippen LogP contribution in [0.25, 0.3) is 11.0 Å². The largest absolute Gasteiger partial charge is 0.464 e. The Kier molecular flexibility index (Phi) is 10.8. The summed E-state index contributed by atoms with van der Waals surface area (Å²) in [6.07, 6.45) is 2.70. The van der Waals surface area contributed by atoms with Crippen molar-refractivity contribution in [3.8, 4) is 0 Å². The molecule has 2 N–H and O–H groups in total. The van der Waals surface area contributed by atoms with Crippen LogP contribution >= 0.6 is 0 Å². The van der Waals surface area contributed by atoms with Crippen molar-refractivity contribution in [3.05, 3.63) is 93.8 Å². The molecule has 0 saturated heterocycles. The number of nitrogens with one attached hydrogen (secondary N) is 1. The van der Waals surface area contributed by atoms with Gasteiger partial charge < -0.3 is 33.8 Å². The van der Waals surface area contributed by atoms with Gasteiger partial charge in [0.2, 0.25) is 6.29 Å². The third kappa shape index (κ3) is 7.54. The Hall–Kier alpha value is -3.57. The van der Waals surface area contributed by atoms with Gasteiger partial charge in [-0.1, -0.05) is 24.3 Å². The second-order valence-electron chi connectivity index (χ2n) is 9.22. The quantitative estimate of drug-likeness (QED) is 0.290. The van der Waals surface area contributed by atoms with Crippen molar-refractivity contribution in [2.45, 2.75) is 32.1 Å². The van der Waals surface area contributed by atoms with Crippen molar-refractivity contribution in [3.63, 3.8) is 0 Å². The van der Waals surface area contributed by atoms with E-state index in [2.05, 4.69) is 5.32 Å². The van der Waals surface area contributed by atoms with Crippen LogP contribution in [-0.2, 0) is 30.3 Å². The van der Waals surface area contributed by atoms with Crippen LogP contribution in [0.5, 0.6) is 0 Å². The molecule has 0 saturated carbocycles. The van der Waals surface area contributed by atoms with Crippen LogP contribution in [0.1, 0.15) is 30.4 Å². The summed E-state index contributed by atoms with van der Waals surface area (Å²) in [6, 6.07) is 12.8. The standard InChI is InChI=1S/C30H34FNO8/c1-2-38-30-22(11-13-36-15-16-37-14-12-33)24(25-19-39-26-6-4-3-5-23(26)28(25)34)17-27(40-30)29(35)32-18-20-7-9-21(31)10-8-20/h3-10,17,19,22,24,30,33H,2,11-16,18H2,1H3,(H,32,35)/t22-,24+,30-/m1/s1. The monoisotopic (exact) mass is 555 g/mol. The Balaban J connectivity index is 1.59.